The molecule has 1 heterocycles. The van der Waals surface area contributed by atoms with E-state index in [0.29, 0.717) is 30.8 Å². The van der Waals surface area contributed by atoms with E-state index in [-0.39, 0.29) is 23.4 Å². The number of hydrogen-bond acceptors (Lipinski definition) is 3. The number of nitrogens with zero attached hydrogens (tertiary/aromatic N) is 1. The van der Waals surface area contributed by atoms with E-state index in [2.05, 4.69) is 0 Å². The molecule has 1 unspecified atom stereocenters. The molecule has 6 heteroatoms. The highest BCUT2D eigenvalue weighted by molar-refractivity contribution is 6.21. The molecule has 5 nitrogen and oxygen atoms in total. The average Bonchev–Trinajstić information content (AvgIpc) is 2.90. The number of methoxy groups -OCH3 is 1. The molecule has 0 saturated carbocycles. The molecule has 3 rings (SSSR count). The lowest BCUT2D eigenvalue weighted by atomic mass is 10.1. The summed E-state index contributed by atoms with van der Waals surface area (Å²) in [5.74, 6) is -0.647. The smallest absolute Gasteiger partial charge is 0.261 e. The number of fused-ring (bicyclic) bond motifs is 1. The van der Waals surface area contributed by atoms with Crippen LogP contribution in [0.25, 0.3) is 0 Å². The van der Waals surface area contributed by atoms with Crippen LogP contribution in [0.3, 0.4) is 0 Å². The molecule has 0 fully saturated rings. The van der Waals surface area contributed by atoms with Gasteiger partial charge >= 0.3 is 0 Å². The minimum atomic E-state index is -0.388. The lowest BCUT2D eigenvalue weighted by molar-refractivity contribution is -0.911. The number of nitrogens with one attached hydrogen (secondary N) is 1. The molecule has 0 radical (unpaired) electrons. The topological polar surface area (TPSA) is 51.0 Å². The van der Waals surface area contributed by atoms with Crippen LogP contribution in [-0.2, 0) is 6.54 Å². The predicted octanol–water partition coefficient (Wildman–Crippen LogP) is 1.54. The molecular formula is C20H22FN2O3+. The van der Waals surface area contributed by atoms with E-state index in [1.54, 1.807) is 30.3 Å². The molecule has 0 saturated heterocycles. The second kappa shape index (κ2) is 7.66. The third-order valence-electron chi connectivity index (χ3n) is 4.74. The van der Waals surface area contributed by atoms with Crippen LogP contribution in [0.4, 0.5) is 4.39 Å². The summed E-state index contributed by atoms with van der Waals surface area (Å²) in [5.41, 5.74) is 1.78. The Morgan fingerprint density at radius 2 is 1.73 bits per heavy atom. The maximum absolute atomic E-state index is 13.9. The summed E-state index contributed by atoms with van der Waals surface area (Å²) < 4.78 is 18.8. The molecule has 1 aliphatic heterocycles. The van der Waals surface area contributed by atoms with E-state index in [4.69, 9.17) is 4.74 Å². The van der Waals surface area contributed by atoms with Gasteiger partial charge in [-0.1, -0.05) is 12.1 Å². The number of halogens is 1. The quantitative estimate of drug-likeness (QED) is 0.765. The van der Waals surface area contributed by atoms with Gasteiger partial charge in [-0.05, 0) is 37.3 Å². The number of likely N-dealkylation sites (N-methyl/N-ethyl adjacent to an activating group) is 1. The molecule has 136 valence electrons. The van der Waals surface area contributed by atoms with Crippen LogP contribution in [0.15, 0.2) is 42.5 Å². The molecule has 1 atom stereocenters. The van der Waals surface area contributed by atoms with Gasteiger partial charge in [0.15, 0.2) is 11.6 Å². The monoisotopic (exact) mass is 357 g/mol. The SMILES string of the molecule is CC[NH+](CCN1C(=O)c2ccccc2C1=O)Cc1ccc(OC)c(F)c1. The zero-order valence-corrected chi connectivity index (χ0v) is 14.9. The second-order valence-corrected chi connectivity index (χ2v) is 6.31. The van der Waals surface area contributed by atoms with Gasteiger partial charge in [0.05, 0.1) is 37.9 Å². The van der Waals surface area contributed by atoms with Crippen LogP contribution in [0.1, 0.15) is 33.2 Å². The second-order valence-electron chi connectivity index (χ2n) is 6.31. The van der Waals surface area contributed by atoms with Crippen molar-refractivity contribution >= 4 is 11.8 Å². The average molecular weight is 357 g/mol. The van der Waals surface area contributed by atoms with Crippen molar-refractivity contribution < 1.29 is 23.6 Å². The van der Waals surface area contributed by atoms with Gasteiger partial charge < -0.3 is 9.64 Å². The molecule has 1 N–H and O–H groups in total. The Morgan fingerprint density at radius 3 is 2.27 bits per heavy atom. The van der Waals surface area contributed by atoms with Crippen molar-refractivity contribution in [2.75, 3.05) is 26.7 Å². The first kappa shape index (κ1) is 18.1. The maximum atomic E-state index is 13.9. The first-order valence-electron chi connectivity index (χ1n) is 8.66. The summed E-state index contributed by atoms with van der Waals surface area (Å²) in [6.07, 6.45) is 0. The van der Waals surface area contributed by atoms with Gasteiger partial charge in [0, 0.05) is 5.56 Å². The lowest BCUT2D eigenvalue weighted by Gasteiger charge is -2.21. The molecule has 1 aliphatic rings. The molecule has 2 aromatic rings. The van der Waals surface area contributed by atoms with Gasteiger partial charge in [0.25, 0.3) is 11.8 Å². The van der Waals surface area contributed by atoms with Crippen molar-refractivity contribution in [3.63, 3.8) is 0 Å². The highest BCUT2D eigenvalue weighted by Crippen LogP contribution is 2.21. The number of imide groups is 1. The Kier molecular flexibility index (Phi) is 5.32. The van der Waals surface area contributed by atoms with Crippen molar-refractivity contribution in [1.82, 2.24) is 4.90 Å². The molecule has 0 aliphatic carbocycles. The van der Waals surface area contributed by atoms with E-state index < -0.39 is 0 Å². The largest absolute Gasteiger partial charge is 0.494 e. The minimum absolute atomic E-state index is 0.220. The van der Waals surface area contributed by atoms with Crippen LogP contribution >= 0.6 is 0 Å². The molecule has 2 aromatic carbocycles. The summed E-state index contributed by atoms with van der Waals surface area (Å²) in [6, 6.07) is 11.8. The standard InChI is InChI=1S/C20H21FN2O3/c1-3-22(13-14-8-9-18(26-2)17(21)12-14)10-11-23-19(24)15-6-4-5-7-16(15)20(23)25/h4-9,12H,3,10-11,13H2,1-2H3/p+1. The van der Waals surface area contributed by atoms with Gasteiger partial charge in [0.1, 0.15) is 6.54 Å². The summed E-state index contributed by atoms with van der Waals surface area (Å²) in [7, 11) is 1.43. The van der Waals surface area contributed by atoms with Gasteiger partial charge in [-0.2, -0.15) is 0 Å². The van der Waals surface area contributed by atoms with E-state index in [0.717, 1.165) is 17.0 Å². The molecule has 26 heavy (non-hydrogen) atoms. The number of amides is 2. The number of carbonyl (C=O) groups excluding carboxylic acids is 2. The Labute approximate surface area is 152 Å². The van der Waals surface area contributed by atoms with Gasteiger partial charge in [-0.3, -0.25) is 14.5 Å². The third kappa shape index (κ3) is 3.46. The van der Waals surface area contributed by atoms with E-state index in [9.17, 15) is 14.0 Å². The van der Waals surface area contributed by atoms with Crippen LogP contribution in [0.5, 0.6) is 5.75 Å². The third-order valence-corrected chi connectivity index (χ3v) is 4.74. The van der Waals surface area contributed by atoms with Crippen molar-refractivity contribution in [3.8, 4) is 5.75 Å². The Balaban J connectivity index is 1.64. The van der Waals surface area contributed by atoms with Crippen molar-refractivity contribution in [1.29, 1.82) is 0 Å². The highest BCUT2D eigenvalue weighted by Gasteiger charge is 2.35. The number of ether oxygens (including phenoxy) is 1. The first-order valence-corrected chi connectivity index (χ1v) is 8.66. The number of rotatable bonds is 7. The molecule has 0 aromatic heterocycles. The lowest BCUT2D eigenvalue weighted by Crippen LogP contribution is -3.11. The first-order chi connectivity index (χ1) is 12.5. The number of hydrogen-bond donors (Lipinski definition) is 1. The minimum Gasteiger partial charge on any atom is -0.494 e. The number of benzene rings is 2. The van der Waals surface area contributed by atoms with E-state index in [1.807, 2.05) is 13.0 Å². The predicted molar refractivity (Wildman–Crippen MR) is 94.8 cm³/mol. The maximum Gasteiger partial charge on any atom is 0.261 e. The van der Waals surface area contributed by atoms with Crippen LogP contribution in [-0.4, -0.2) is 43.5 Å². The molecule has 0 spiro atoms. The Bertz CT molecular complexity index is 803. The van der Waals surface area contributed by atoms with Crippen molar-refractivity contribution in [2.45, 2.75) is 13.5 Å². The molecular weight excluding hydrogens is 335 g/mol. The molecule has 0 bridgehead atoms. The summed E-state index contributed by atoms with van der Waals surface area (Å²) in [5, 5.41) is 0. The van der Waals surface area contributed by atoms with Crippen molar-refractivity contribution in [3.05, 3.63) is 65.0 Å². The fourth-order valence-electron chi connectivity index (χ4n) is 3.21. The summed E-state index contributed by atoms with van der Waals surface area (Å²) in [6.45, 7) is 4.39. The van der Waals surface area contributed by atoms with Gasteiger partial charge in [-0.25, -0.2) is 4.39 Å². The van der Waals surface area contributed by atoms with Gasteiger partial charge in [-0.15, -0.1) is 0 Å². The molecule has 2 amide bonds. The van der Waals surface area contributed by atoms with Crippen LogP contribution in [0.2, 0.25) is 0 Å². The zero-order valence-electron chi connectivity index (χ0n) is 14.9. The zero-order chi connectivity index (χ0) is 18.7. The van der Waals surface area contributed by atoms with Crippen LogP contribution < -0.4 is 9.64 Å². The Morgan fingerprint density at radius 1 is 1.08 bits per heavy atom. The van der Waals surface area contributed by atoms with Crippen LogP contribution in [0, 0.1) is 5.82 Å². The fourth-order valence-corrected chi connectivity index (χ4v) is 3.21. The number of quaternary nitrogens is 1. The highest BCUT2D eigenvalue weighted by atomic mass is 19.1. The fraction of sp³-hybridized carbons (Fsp3) is 0.300. The summed E-state index contributed by atoms with van der Waals surface area (Å²) in [4.78, 5) is 27.3. The van der Waals surface area contributed by atoms with E-state index >= 15 is 0 Å². The normalized spacial score (nSPS) is 14.5. The number of carbonyl (C=O) groups is 2. The summed E-state index contributed by atoms with van der Waals surface area (Å²) >= 11 is 0. The van der Waals surface area contributed by atoms with Gasteiger partial charge in [0.2, 0.25) is 0 Å². The van der Waals surface area contributed by atoms with Crippen molar-refractivity contribution in [2.24, 2.45) is 0 Å². The van der Waals surface area contributed by atoms with E-state index in [1.165, 1.54) is 18.1 Å². The Hall–Kier alpha value is -2.73.